The van der Waals surface area contributed by atoms with Gasteiger partial charge in [0.05, 0.1) is 24.2 Å². The second kappa shape index (κ2) is 4.53. The van der Waals surface area contributed by atoms with Crippen LogP contribution in [0.5, 0.6) is 0 Å². The zero-order valence-electron chi connectivity index (χ0n) is 9.14. The summed E-state index contributed by atoms with van der Waals surface area (Å²) in [7, 11) is -3.10. The third-order valence-electron chi connectivity index (χ3n) is 2.63. The molecule has 0 amide bonds. The van der Waals surface area contributed by atoms with E-state index in [2.05, 4.69) is 5.32 Å². The highest BCUT2D eigenvalue weighted by Gasteiger charge is 2.15. The summed E-state index contributed by atoms with van der Waals surface area (Å²) in [5.41, 5.74) is 1.06. The molecule has 88 valence electrons. The normalized spacial score (nSPS) is 21.9. The van der Waals surface area contributed by atoms with Crippen LogP contribution in [0.15, 0.2) is 29.2 Å². The fourth-order valence-electron chi connectivity index (χ4n) is 1.73. The maximum absolute atomic E-state index is 11.3. The van der Waals surface area contributed by atoms with Crippen molar-refractivity contribution in [3.63, 3.8) is 0 Å². The van der Waals surface area contributed by atoms with E-state index in [0.29, 0.717) is 11.5 Å². The molecule has 16 heavy (non-hydrogen) atoms. The number of ether oxygens (including phenoxy) is 1. The zero-order chi connectivity index (χ0) is 11.6. The Labute approximate surface area is 95.5 Å². The molecule has 2 rings (SSSR count). The fraction of sp³-hybridized carbons (Fsp3) is 0.455. The average Bonchev–Trinajstić information content (AvgIpc) is 2.29. The van der Waals surface area contributed by atoms with Gasteiger partial charge in [0.1, 0.15) is 0 Å². The van der Waals surface area contributed by atoms with Gasteiger partial charge in [0, 0.05) is 12.8 Å². The average molecular weight is 241 g/mol. The highest BCUT2D eigenvalue weighted by atomic mass is 32.2. The molecule has 1 aromatic carbocycles. The van der Waals surface area contributed by atoms with Gasteiger partial charge in [-0.2, -0.15) is 0 Å². The van der Waals surface area contributed by atoms with Gasteiger partial charge < -0.3 is 10.1 Å². The molecule has 1 heterocycles. The summed E-state index contributed by atoms with van der Waals surface area (Å²) in [6.07, 6.45) is 1.21. The minimum atomic E-state index is -3.10. The lowest BCUT2D eigenvalue weighted by Crippen LogP contribution is -2.34. The van der Waals surface area contributed by atoms with Crippen LogP contribution < -0.4 is 5.32 Å². The second-order valence-electron chi connectivity index (χ2n) is 3.92. The number of morpholine rings is 1. The molecular weight excluding hydrogens is 226 g/mol. The summed E-state index contributed by atoms with van der Waals surface area (Å²) in [6.45, 7) is 2.20. The van der Waals surface area contributed by atoms with Gasteiger partial charge in [-0.15, -0.1) is 0 Å². The van der Waals surface area contributed by atoms with Crippen LogP contribution in [0.3, 0.4) is 0 Å². The smallest absolute Gasteiger partial charge is 0.175 e. The molecule has 1 unspecified atom stereocenters. The first-order valence-corrected chi connectivity index (χ1v) is 7.07. The summed E-state index contributed by atoms with van der Waals surface area (Å²) < 4.78 is 27.9. The minimum absolute atomic E-state index is 0.169. The topological polar surface area (TPSA) is 55.4 Å². The van der Waals surface area contributed by atoms with Gasteiger partial charge in [-0.05, 0) is 17.7 Å². The lowest BCUT2D eigenvalue weighted by Gasteiger charge is -2.24. The lowest BCUT2D eigenvalue weighted by atomic mass is 10.1. The van der Waals surface area contributed by atoms with E-state index in [-0.39, 0.29) is 6.04 Å². The van der Waals surface area contributed by atoms with Crippen LogP contribution in [0.25, 0.3) is 0 Å². The van der Waals surface area contributed by atoms with Crippen molar-refractivity contribution in [3.8, 4) is 0 Å². The van der Waals surface area contributed by atoms with Crippen LogP contribution in [-0.2, 0) is 14.6 Å². The summed E-state index contributed by atoms with van der Waals surface area (Å²) in [4.78, 5) is 0.355. The van der Waals surface area contributed by atoms with Crippen molar-refractivity contribution in [2.45, 2.75) is 10.9 Å². The molecule has 1 atom stereocenters. The number of hydrogen-bond acceptors (Lipinski definition) is 4. The van der Waals surface area contributed by atoms with Crippen molar-refractivity contribution >= 4 is 9.84 Å². The highest BCUT2D eigenvalue weighted by molar-refractivity contribution is 7.90. The molecule has 1 aliphatic heterocycles. The Balaban J connectivity index is 2.18. The predicted molar refractivity (Wildman–Crippen MR) is 61.1 cm³/mol. The summed E-state index contributed by atoms with van der Waals surface area (Å²) in [6, 6.07) is 7.12. The van der Waals surface area contributed by atoms with E-state index in [0.717, 1.165) is 18.7 Å². The van der Waals surface area contributed by atoms with Gasteiger partial charge in [0.15, 0.2) is 9.84 Å². The van der Waals surface area contributed by atoms with Crippen molar-refractivity contribution in [1.82, 2.24) is 5.32 Å². The van der Waals surface area contributed by atoms with Crippen molar-refractivity contribution in [2.24, 2.45) is 0 Å². The Morgan fingerprint density at radius 1 is 1.31 bits per heavy atom. The van der Waals surface area contributed by atoms with Crippen LogP contribution in [0.4, 0.5) is 0 Å². The standard InChI is InChI=1S/C11H15NO3S/c1-16(13,14)10-4-2-9(3-5-10)11-8-15-7-6-12-11/h2-5,11-12H,6-8H2,1H3. The van der Waals surface area contributed by atoms with E-state index in [4.69, 9.17) is 4.74 Å². The van der Waals surface area contributed by atoms with Gasteiger partial charge in [-0.25, -0.2) is 8.42 Å². The summed E-state index contributed by atoms with van der Waals surface area (Å²) >= 11 is 0. The monoisotopic (exact) mass is 241 g/mol. The van der Waals surface area contributed by atoms with Crippen LogP contribution in [0.1, 0.15) is 11.6 Å². The molecule has 1 fully saturated rings. The van der Waals surface area contributed by atoms with E-state index in [9.17, 15) is 8.42 Å². The third kappa shape index (κ3) is 2.61. The minimum Gasteiger partial charge on any atom is -0.378 e. The molecule has 4 nitrogen and oxygen atoms in total. The molecule has 0 bridgehead atoms. The summed E-state index contributed by atoms with van der Waals surface area (Å²) in [5.74, 6) is 0. The van der Waals surface area contributed by atoms with Gasteiger partial charge >= 0.3 is 0 Å². The highest BCUT2D eigenvalue weighted by Crippen LogP contribution is 2.18. The molecule has 1 aliphatic rings. The first kappa shape index (κ1) is 11.6. The molecule has 0 aliphatic carbocycles. The van der Waals surface area contributed by atoms with Gasteiger partial charge in [0.2, 0.25) is 0 Å². The maximum atomic E-state index is 11.3. The summed E-state index contributed by atoms with van der Waals surface area (Å²) in [5, 5.41) is 3.32. The van der Waals surface area contributed by atoms with Crippen molar-refractivity contribution in [1.29, 1.82) is 0 Å². The van der Waals surface area contributed by atoms with Gasteiger partial charge in [-0.1, -0.05) is 12.1 Å². The largest absolute Gasteiger partial charge is 0.378 e. The van der Waals surface area contributed by atoms with E-state index < -0.39 is 9.84 Å². The fourth-order valence-corrected chi connectivity index (χ4v) is 2.36. The number of rotatable bonds is 2. The van der Waals surface area contributed by atoms with Crippen molar-refractivity contribution < 1.29 is 13.2 Å². The van der Waals surface area contributed by atoms with Gasteiger partial charge in [-0.3, -0.25) is 0 Å². The number of nitrogens with one attached hydrogen (secondary N) is 1. The Kier molecular flexibility index (Phi) is 3.28. The van der Waals surface area contributed by atoms with E-state index >= 15 is 0 Å². The number of hydrogen-bond donors (Lipinski definition) is 1. The van der Waals surface area contributed by atoms with Crippen molar-refractivity contribution in [2.75, 3.05) is 26.0 Å². The molecule has 0 spiro atoms. The first-order chi connectivity index (χ1) is 7.57. The molecular formula is C11H15NO3S. The molecule has 5 heteroatoms. The number of benzene rings is 1. The van der Waals surface area contributed by atoms with Crippen molar-refractivity contribution in [3.05, 3.63) is 29.8 Å². The van der Waals surface area contributed by atoms with E-state index in [1.807, 2.05) is 12.1 Å². The molecule has 0 radical (unpaired) electrons. The van der Waals surface area contributed by atoms with E-state index in [1.165, 1.54) is 6.26 Å². The van der Waals surface area contributed by atoms with E-state index in [1.54, 1.807) is 12.1 Å². The first-order valence-electron chi connectivity index (χ1n) is 5.18. The Morgan fingerprint density at radius 2 is 2.00 bits per heavy atom. The lowest BCUT2D eigenvalue weighted by molar-refractivity contribution is 0.0769. The molecule has 1 aromatic rings. The predicted octanol–water partition coefficient (Wildman–Crippen LogP) is 0.751. The van der Waals surface area contributed by atoms with Gasteiger partial charge in [0.25, 0.3) is 0 Å². The third-order valence-corrected chi connectivity index (χ3v) is 3.76. The quantitative estimate of drug-likeness (QED) is 0.830. The zero-order valence-corrected chi connectivity index (χ0v) is 9.96. The molecule has 1 saturated heterocycles. The second-order valence-corrected chi connectivity index (χ2v) is 5.94. The maximum Gasteiger partial charge on any atom is 0.175 e. The Bertz CT molecular complexity index is 447. The number of sulfone groups is 1. The Morgan fingerprint density at radius 3 is 2.50 bits per heavy atom. The molecule has 0 saturated carbocycles. The van der Waals surface area contributed by atoms with Crippen LogP contribution in [0.2, 0.25) is 0 Å². The molecule has 1 N–H and O–H groups in total. The van der Waals surface area contributed by atoms with Crippen LogP contribution in [-0.4, -0.2) is 34.4 Å². The Hall–Kier alpha value is -0.910. The SMILES string of the molecule is CS(=O)(=O)c1ccc(C2COCCN2)cc1. The van der Waals surface area contributed by atoms with Crippen LogP contribution >= 0.6 is 0 Å². The molecule has 0 aromatic heterocycles. The van der Waals surface area contributed by atoms with Crippen LogP contribution in [0, 0.1) is 0 Å².